The van der Waals surface area contributed by atoms with Crippen molar-refractivity contribution in [3.63, 3.8) is 0 Å². The molecule has 0 spiro atoms. The van der Waals surface area contributed by atoms with E-state index in [1.807, 2.05) is 36.4 Å². The zero-order chi connectivity index (χ0) is 14.7. The van der Waals surface area contributed by atoms with E-state index in [2.05, 4.69) is 15.5 Å². The van der Waals surface area contributed by atoms with E-state index in [0.29, 0.717) is 12.1 Å². The van der Waals surface area contributed by atoms with E-state index in [0.717, 1.165) is 27.9 Å². The molecule has 0 aliphatic carbocycles. The minimum atomic E-state index is -0.0768. The maximum absolute atomic E-state index is 12.1. The van der Waals surface area contributed by atoms with Gasteiger partial charge in [0.15, 0.2) is 0 Å². The van der Waals surface area contributed by atoms with Crippen LogP contribution >= 0.6 is 11.6 Å². The average Bonchev–Trinajstić information content (AvgIpc) is 2.96. The molecule has 2 aromatic carbocycles. The van der Waals surface area contributed by atoms with E-state index in [1.54, 1.807) is 12.3 Å². The molecule has 0 radical (unpaired) electrons. The molecule has 0 bridgehead atoms. The highest BCUT2D eigenvalue weighted by Crippen LogP contribution is 2.13. The number of halogens is 1. The van der Waals surface area contributed by atoms with Gasteiger partial charge in [-0.1, -0.05) is 23.7 Å². The van der Waals surface area contributed by atoms with Crippen molar-refractivity contribution in [3.05, 3.63) is 64.8 Å². The largest absolute Gasteiger partial charge is 0.352 e. The highest BCUT2D eigenvalue weighted by Gasteiger charge is 2.06. The first-order valence-corrected chi connectivity index (χ1v) is 7.06. The van der Waals surface area contributed by atoms with E-state index < -0.39 is 0 Å². The average molecular weight is 300 g/mol. The summed E-state index contributed by atoms with van der Waals surface area (Å²) in [7, 11) is 0. The van der Waals surface area contributed by atoms with Crippen molar-refractivity contribution in [2.45, 2.75) is 6.42 Å². The van der Waals surface area contributed by atoms with Crippen LogP contribution in [0.4, 0.5) is 0 Å². The molecule has 1 aromatic heterocycles. The molecule has 0 fully saturated rings. The number of fused-ring (bicyclic) bond motifs is 1. The second-order valence-electron chi connectivity index (χ2n) is 4.80. The molecule has 21 heavy (non-hydrogen) atoms. The Morgan fingerprint density at radius 2 is 2.00 bits per heavy atom. The van der Waals surface area contributed by atoms with E-state index in [-0.39, 0.29) is 5.91 Å². The van der Waals surface area contributed by atoms with Crippen molar-refractivity contribution in [1.82, 2.24) is 15.5 Å². The first kappa shape index (κ1) is 13.6. The summed E-state index contributed by atoms with van der Waals surface area (Å²) in [5.74, 6) is -0.0768. The lowest BCUT2D eigenvalue weighted by Gasteiger charge is -2.06. The van der Waals surface area contributed by atoms with Crippen LogP contribution in [0, 0.1) is 0 Å². The van der Waals surface area contributed by atoms with Crippen LogP contribution < -0.4 is 5.32 Å². The highest BCUT2D eigenvalue weighted by atomic mass is 35.5. The summed E-state index contributed by atoms with van der Waals surface area (Å²) in [5, 5.41) is 11.4. The fourth-order valence-corrected chi connectivity index (χ4v) is 2.28. The fourth-order valence-electron chi connectivity index (χ4n) is 2.16. The Balaban J connectivity index is 1.59. The summed E-state index contributed by atoms with van der Waals surface area (Å²) in [6.07, 6.45) is 2.48. The minimum Gasteiger partial charge on any atom is -0.352 e. The number of rotatable bonds is 4. The molecule has 0 aliphatic heterocycles. The number of amides is 1. The molecule has 0 aliphatic rings. The molecular weight excluding hydrogens is 286 g/mol. The highest BCUT2D eigenvalue weighted by molar-refractivity contribution is 6.30. The van der Waals surface area contributed by atoms with Crippen LogP contribution in [-0.4, -0.2) is 22.6 Å². The molecule has 0 atom stereocenters. The van der Waals surface area contributed by atoms with Crippen molar-refractivity contribution < 1.29 is 4.79 Å². The lowest BCUT2D eigenvalue weighted by atomic mass is 10.1. The third kappa shape index (κ3) is 3.23. The molecule has 3 rings (SSSR count). The van der Waals surface area contributed by atoms with Crippen molar-refractivity contribution in [2.24, 2.45) is 0 Å². The Labute approximate surface area is 127 Å². The summed E-state index contributed by atoms with van der Waals surface area (Å²) in [6, 6.07) is 13.1. The zero-order valence-electron chi connectivity index (χ0n) is 11.3. The zero-order valence-corrected chi connectivity index (χ0v) is 12.0. The molecule has 4 nitrogen and oxygen atoms in total. The van der Waals surface area contributed by atoms with Crippen LogP contribution in [0.15, 0.2) is 48.7 Å². The normalized spacial score (nSPS) is 10.7. The smallest absolute Gasteiger partial charge is 0.251 e. The standard InChI is InChI=1S/C16H14ClN3O/c17-14-4-1-11(2-5-14)7-8-18-16(21)12-3-6-15-13(9-12)10-19-20-15/h1-6,9-10H,7-8H2,(H,18,21)(H,19,20). The van der Waals surface area contributed by atoms with Crippen LogP contribution in [0.1, 0.15) is 15.9 Å². The number of hydrogen-bond acceptors (Lipinski definition) is 2. The molecule has 1 amide bonds. The summed E-state index contributed by atoms with van der Waals surface area (Å²) >= 11 is 5.84. The number of nitrogens with zero attached hydrogens (tertiary/aromatic N) is 1. The molecule has 106 valence electrons. The van der Waals surface area contributed by atoms with E-state index in [9.17, 15) is 4.79 Å². The maximum atomic E-state index is 12.1. The van der Waals surface area contributed by atoms with Gasteiger partial charge in [-0.25, -0.2) is 0 Å². The van der Waals surface area contributed by atoms with Crippen LogP contribution in [0.25, 0.3) is 10.9 Å². The van der Waals surface area contributed by atoms with Gasteiger partial charge in [0.05, 0.1) is 11.7 Å². The lowest BCUT2D eigenvalue weighted by molar-refractivity contribution is 0.0954. The van der Waals surface area contributed by atoms with Gasteiger partial charge < -0.3 is 5.32 Å². The van der Waals surface area contributed by atoms with Crippen LogP contribution in [0.5, 0.6) is 0 Å². The summed E-state index contributed by atoms with van der Waals surface area (Å²) < 4.78 is 0. The Morgan fingerprint density at radius 1 is 1.19 bits per heavy atom. The first-order valence-electron chi connectivity index (χ1n) is 6.68. The molecule has 3 aromatic rings. The molecule has 0 saturated carbocycles. The number of H-pyrrole nitrogens is 1. The molecule has 2 N–H and O–H groups in total. The fraction of sp³-hybridized carbons (Fsp3) is 0.125. The predicted octanol–water partition coefficient (Wildman–Crippen LogP) is 3.19. The van der Waals surface area contributed by atoms with Crippen LogP contribution in [0.2, 0.25) is 5.02 Å². The number of benzene rings is 2. The Hall–Kier alpha value is -2.33. The van der Waals surface area contributed by atoms with Crippen LogP contribution in [0.3, 0.4) is 0 Å². The van der Waals surface area contributed by atoms with Gasteiger partial charge >= 0.3 is 0 Å². The lowest BCUT2D eigenvalue weighted by Crippen LogP contribution is -2.25. The first-order chi connectivity index (χ1) is 10.2. The van der Waals surface area contributed by atoms with Gasteiger partial charge in [0.25, 0.3) is 5.91 Å². The Morgan fingerprint density at radius 3 is 2.81 bits per heavy atom. The van der Waals surface area contributed by atoms with Gasteiger partial charge in [-0.2, -0.15) is 5.10 Å². The number of nitrogens with one attached hydrogen (secondary N) is 2. The number of carbonyl (C=O) groups excluding carboxylic acids is 1. The number of carbonyl (C=O) groups is 1. The van der Waals surface area contributed by atoms with Crippen molar-refractivity contribution >= 4 is 28.4 Å². The second-order valence-corrected chi connectivity index (χ2v) is 5.24. The van der Waals surface area contributed by atoms with E-state index in [1.165, 1.54) is 0 Å². The molecular formula is C16H14ClN3O. The Bertz CT molecular complexity index is 765. The maximum Gasteiger partial charge on any atom is 0.251 e. The third-order valence-electron chi connectivity index (χ3n) is 3.31. The second kappa shape index (κ2) is 5.97. The van der Waals surface area contributed by atoms with Gasteiger partial charge in [0.2, 0.25) is 0 Å². The predicted molar refractivity (Wildman–Crippen MR) is 83.6 cm³/mol. The Kier molecular flexibility index (Phi) is 3.88. The SMILES string of the molecule is O=C(NCCc1ccc(Cl)cc1)c1ccc2[nH]ncc2c1. The van der Waals surface area contributed by atoms with Gasteiger partial charge in [0, 0.05) is 22.5 Å². The molecule has 0 unspecified atom stereocenters. The summed E-state index contributed by atoms with van der Waals surface area (Å²) in [4.78, 5) is 12.1. The number of aromatic amines is 1. The topological polar surface area (TPSA) is 57.8 Å². The third-order valence-corrected chi connectivity index (χ3v) is 3.57. The summed E-state index contributed by atoms with van der Waals surface area (Å²) in [5.41, 5.74) is 2.71. The van der Waals surface area contributed by atoms with E-state index in [4.69, 9.17) is 11.6 Å². The molecule has 5 heteroatoms. The summed E-state index contributed by atoms with van der Waals surface area (Å²) in [6.45, 7) is 0.587. The van der Waals surface area contributed by atoms with Crippen molar-refractivity contribution in [3.8, 4) is 0 Å². The van der Waals surface area contributed by atoms with E-state index >= 15 is 0 Å². The van der Waals surface area contributed by atoms with Gasteiger partial charge in [0.1, 0.15) is 0 Å². The van der Waals surface area contributed by atoms with Crippen molar-refractivity contribution in [2.75, 3.05) is 6.54 Å². The van der Waals surface area contributed by atoms with Gasteiger partial charge in [-0.05, 0) is 42.3 Å². The number of aromatic nitrogens is 2. The molecule has 1 heterocycles. The quantitative estimate of drug-likeness (QED) is 0.777. The van der Waals surface area contributed by atoms with Gasteiger partial charge in [-0.15, -0.1) is 0 Å². The minimum absolute atomic E-state index is 0.0768. The monoisotopic (exact) mass is 299 g/mol. The van der Waals surface area contributed by atoms with Crippen LogP contribution in [-0.2, 0) is 6.42 Å². The van der Waals surface area contributed by atoms with Crippen molar-refractivity contribution in [1.29, 1.82) is 0 Å². The molecule has 0 saturated heterocycles. The van der Waals surface area contributed by atoms with Gasteiger partial charge in [-0.3, -0.25) is 9.89 Å². The number of hydrogen-bond donors (Lipinski definition) is 2.